The average Bonchev–Trinajstić information content (AvgIpc) is 2.71. The van der Waals surface area contributed by atoms with Crippen molar-refractivity contribution in [1.82, 2.24) is 9.55 Å². The van der Waals surface area contributed by atoms with Gasteiger partial charge >= 0.3 is 11.4 Å². The average molecular weight is 453 g/mol. The normalized spacial score (nSPS) is 10.9. The molecule has 0 bridgehead atoms. The Bertz CT molecular complexity index is 1110. The van der Waals surface area contributed by atoms with E-state index in [4.69, 9.17) is 15.2 Å². The highest BCUT2D eigenvalue weighted by molar-refractivity contribution is 5.96. The first-order valence-corrected chi connectivity index (χ1v) is 9.55. The number of amides is 1. The number of nitrogen functional groups attached to an aromatic ring is 1. The summed E-state index contributed by atoms with van der Waals surface area (Å²) in [6.45, 7) is 3.23. The lowest BCUT2D eigenvalue weighted by Crippen LogP contribution is -2.44. The number of carbonyl (C=O) groups is 1. The zero-order chi connectivity index (χ0) is 24.0. The van der Waals surface area contributed by atoms with Gasteiger partial charge in [-0.15, -0.1) is 0 Å². The number of nitro benzene ring substituents is 1. The second kappa shape index (κ2) is 10.5. The maximum Gasteiger partial charge on any atom is 0.330 e. The van der Waals surface area contributed by atoms with Crippen LogP contribution in [0.5, 0.6) is 5.75 Å². The van der Waals surface area contributed by atoms with Crippen molar-refractivity contribution < 1.29 is 23.6 Å². The quantitative estimate of drug-likeness (QED) is 0.395. The van der Waals surface area contributed by atoms with Crippen LogP contribution in [0.25, 0.3) is 0 Å². The molecule has 12 nitrogen and oxygen atoms in total. The molecule has 0 atom stereocenters. The molecular weight excluding hydrogens is 429 g/mol. The molecular formula is C19H24FN5O7. The van der Waals surface area contributed by atoms with Crippen LogP contribution in [0, 0.1) is 21.8 Å². The highest BCUT2D eigenvalue weighted by Gasteiger charge is 2.25. The van der Waals surface area contributed by atoms with E-state index in [1.54, 1.807) is 0 Å². The smallest absolute Gasteiger partial charge is 0.330 e. The van der Waals surface area contributed by atoms with Gasteiger partial charge in [0.05, 0.1) is 11.5 Å². The van der Waals surface area contributed by atoms with Gasteiger partial charge in [-0.1, -0.05) is 13.8 Å². The summed E-state index contributed by atoms with van der Waals surface area (Å²) in [6.07, 6.45) is 0. The molecule has 3 N–H and O–H groups in total. The molecule has 0 aliphatic heterocycles. The molecule has 0 spiro atoms. The van der Waals surface area contributed by atoms with Crippen LogP contribution >= 0.6 is 0 Å². The van der Waals surface area contributed by atoms with Crippen molar-refractivity contribution in [3.05, 3.63) is 55.0 Å². The molecule has 2 rings (SSSR count). The van der Waals surface area contributed by atoms with E-state index in [9.17, 15) is 28.9 Å². The van der Waals surface area contributed by atoms with Gasteiger partial charge in [0.1, 0.15) is 11.6 Å². The van der Waals surface area contributed by atoms with Crippen molar-refractivity contribution in [3.8, 4) is 5.75 Å². The molecule has 174 valence electrons. The molecule has 0 unspecified atom stereocenters. The number of nitro groups is 1. The van der Waals surface area contributed by atoms with E-state index >= 15 is 0 Å². The molecule has 32 heavy (non-hydrogen) atoms. The maximum absolute atomic E-state index is 13.8. The van der Waals surface area contributed by atoms with Gasteiger partial charge in [0.2, 0.25) is 5.82 Å². The van der Waals surface area contributed by atoms with E-state index in [-0.39, 0.29) is 42.9 Å². The molecule has 1 heterocycles. The van der Waals surface area contributed by atoms with Gasteiger partial charge in [0.25, 0.3) is 11.5 Å². The van der Waals surface area contributed by atoms with Crippen LogP contribution in [0.1, 0.15) is 13.8 Å². The standard InChI is InChI=1S/C19H24FN5O7/c1-11(2)9-24-17(21)16(18(27)22-19(24)28)23(6-7-31-3)15(26)10-32-12-4-5-14(25(29)30)13(20)8-12/h4-5,8,11H,6-7,9-10,21H2,1-3H3,(H,22,27,28). The summed E-state index contributed by atoms with van der Waals surface area (Å²) in [5.41, 5.74) is 3.52. The SMILES string of the molecule is COCCN(C(=O)COc1ccc([N+](=O)[O-])c(F)c1)c1c(N)n(CC(C)C)c(=O)[nH]c1=O. The minimum atomic E-state index is -1.13. The molecule has 0 aliphatic carbocycles. The number of methoxy groups -OCH3 is 1. The van der Waals surface area contributed by atoms with Crippen LogP contribution in [-0.4, -0.2) is 47.2 Å². The Balaban J connectivity index is 2.35. The van der Waals surface area contributed by atoms with Crippen molar-refractivity contribution in [2.45, 2.75) is 20.4 Å². The van der Waals surface area contributed by atoms with E-state index < -0.39 is 40.2 Å². The number of carbonyl (C=O) groups excluding carboxylic acids is 1. The first-order valence-electron chi connectivity index (χ1n) is 9.55. The van der Waals surface area contributed by atoms with Crippen LogP contribution in [0.15, 0.2) is 27.8 Å². The molecule has 0 radical (unpaired) electrons. The third-order valence-corrected chi connectivity index (χ3v) is 4.33. The molecule has 1 aromatic heterocycles. The van der Waals surface area contributed by atoms with E-state index in [1.165, 1.54) is 7.11 Å². The second-order valence-electron chi connectivity index (χ2n) is 7.19. The number of halogens is 1. The topological polar surface area (TPSA) is 163 Å². The number of nitrogens with one attached hydrogen (secondary N) is 1. The van der Waals surface area contributed by atoms with Gasteiger partial charge in [-0.05, 0) is 12.0 Å². The number of hydrogen-bond acceptors (Lipinski definition) is 8. The number of nitrogens with zero attached hydrogens (tertiary/aromatic N) is 3. The van der Waals surface area contributed by atoms with E-state index in [0.717, 1.165) is 27.7 Å². The van der Waals surface area contributed by atoms with Gasteiger partial charge in [-0.3, -0.25) is 34.2 Å². The summed E-state index contributed by atoms with van der Waals surface area (Å²) in [6, 6.07) is 2.81. The van der Waals surface area contributed by atoms with Gasteiger partial charge in [0.15, 0.2) is 12.3 Å². The van der Waals surface area contributed by atoms with Gasteiger partial charge in [-0.2, -0.15) is 4.39 Å². The lowest BCUT2D eigenvalue weighted by Gasteiger charge is -2.24. The Labute approximate surface area is 181 Å². The molecule has 2 aromatic rings. The van der Waals surface area contributed by atoms with E-state index in [0.29, 0.717) is 0 Å². The van der Waals surface area contributed by atoms with Gasteiger partial charge in [-0.25, -0.2) is 4.79 Å². The molecule has 0 aliphatic rings. The fraction of sp³-hybridized carbons (Fsp3) is 0.421. The number of H-pyrrole nitrogens is 1. The molecule has 13 heteroatoms. The van der Waals surface area contributed by atoms with E-state index in [2.05, 4.69) is 4.98 Å². The summed E-state index contributed by atoms with van der Waals surface area (Å²) >= 11 is 0. The lowest BCUT2D eigenvalue weighted by atomic mass is 10.2. The number of benzene rings is 1. The van der Waals surface area contributed by atoms with E-state index in [1.807, 2.05) is 13.8 Å². The minimum absolute atomic E-state index is 0.0252. The van der Waals surface area contributed by atoms with Crippen molar-refractivity contribution in [2.24, 2.45) is 5.92 Å². The molecule has 0 fully saturated rings. The number of ether oxygens (including phenoxy) is 2. The van der Waals surface area contributed by atoms with Crippen LogP contribution in [0.2, 0.25) is 0 Å². The first-order chi connectivity index (χ1) is 15.1. The van der Waals surface area contributed by atoms with Crippen LogP contribution in [0.3, 0.4) is 0 Å². The predicted octanol–water partition coefficient (Wildman–Crippen LogP) is 0.880. The predicted molar refractivity (Wildman–Crippen MR) is 113 cm³/mol. The monoisotopic (exact) mass is 453 g/mol. The largest absolute Gasteiger partial charge is 0.484 e. The fourth-order valence-corrected chi connectivity index (χ4v) is 2.88. The summed E-state index contributed by atoms with van der Waals surface area (Å²) in [7, 11) is 1.39. The number of hydrogen-bond donors (Lipinski definition) is 2. The number of aromatic amines is 1. The molecule has 0 saturated heterocycles. The maximum atomic E-state index is 13.8. The van der Waals surface area contributed by atoms with Crippen molar-refractivity contribution in [3.63, 3.8) is 0 Å². The second-order valence-corrected chi connectivity index (χ2v) is 7.19. The number of aromatic nitrogens is 2. The summed E-state index contributed by atoms with van der Waals surface area (Å²) in [5, 5.41) is 10.7. The minimum Gasteiger partial charge on any atom is -0.484 e. The highest BCUT2D eigenvalue weighted by atomic mass is 19.1. The summed E-state index contributed by atoms with van der Waals surface area (Å²) in [5.74, 6) is -2.15. The zero-order valence-corrected chi connectivity index (χ0v) is 17.8. The highest BCUT2D eigenvalue weighted by Crippen LogP contribution is 2.23. The third-order valence-electron chi connectivity index (χ3n) is 4.33. The molecule has 1 amide bonds. The number of anilines is 2. The lowest BCUT2D eigenvalue weighted by molar-refractivity contribution is -0.387. The van der Waals surface area contributed by atoms with Crippen LogP contribution in [-0.2, 0) is 16.1 Å². The Kier molecular flexibility index (Phi) is 8.07. The molecule has 1 aromatic carbocycles. The van der Waals surface area contributed by atoms with Crippen LogP contribution < -0.4 is 26.6 Å². The van der Waals surface area contributed by atoms with Crippen molar-refractivity contribution >= 4 is 23.1 Å². The first kappa shape index (κ1) is 24.5. The Morgan fingerprint density at radius 3 is 2.62 bits per heavy atom. The third kappa shape index (κ3) is 5.69. The summed E-state index contributed by atoms with van der Waals surface area (Å²) < 4.78 is 25.2. The van der Waals surface area contributed by atoms with Gasteiger partial charge < -0.3 is 15.2 Å². The Morgan fingerprint density at radius 1 is 1.38 bits per heavy atom. The number of rotatable bonds is 10. The van der Waals surface area contributed by atoms with Gasteiger partial charge in [0, 0.05) is 32.3 Å². The fourth-order valence-electron chi connectivity index (χ4n) is 2.88. The number of nitrogens with two attached hydrogens (primary N) is 1. The van der Waals surface area contributed by atoms with Crippen molar-refractivity contribution in [2.75, 3.05) is 37.5 Å². The van der Waals surface area contributed by atoms with Crippen molar-refractivity contribution in [1.29, 1.82) is 0 Å². The summed E-state index contributed by atoms with van der Waals surface area (Å²) in [4.78, 5) is 50.5. The Hall–Kier alpha value is -3.74. The Morgan fingerprint density at radius 2 is 2.06 bits per heavy atom. The zero-order valence-electron chi connectivity index (χ0n) is 17.8. The molecule has 0 saturated carbocycles. The van der Waals surface area contributed by atoms with Crippen LogP contribution in [0.4, 0.5) is 21.6 Å².